The zero-order valence-corrected chi connectivity index (χ0v) is 13.3. The van der Waals surface area contributed by atoms with Gasteiger partial charge in [0.15, 0.2) is 0 Å². The second kappa shape index (κ2) is 6.74. The van der Waals surface area contributed by atoms with Gasteiger partial charge in [-0.15, -0.1) is 0 Å². The van der Waals surface area contributed by atoms with Gasteiger partial charge in [-0.05, 0) is 37.0 Å². The first kappa shape index (κ1) is 16.5. The minimum Gasteiger partial charge on any atom is -0.496 e. The standard InChI is InChI=1S/C11H12BF4O.K/c13-9-4-5-11(10(6-9)12(14,15)16)17-7-8-2-1-3-8;/h4-6,8H,1-3,7H2;/q-1;+1. The Balaban J connectivity index is 0.00000162. The molecule has 1 aromatic carbocycles. The number of ether oxygens (including phenoxy) is 1. The Bertz CT molecular complexity index is 407. The Kier molecular flexibility index (Phi) is 6.18. The summed E-state index contributed by atoms with van der Waals surface area (Å²) in [6, 6.07) is 2.54. The van der Waals surface area contributed by atoms with Crippen LogP contribution in [0, 0.1) is 11.7 Å². The maximum atomic E-state index is 12.8. The van der Waals surface area contributed by atoms with Crippen molar-refractivity contribution in [3.05, 3.63) is 24.0 Å². The van der Waals surface area contributed by atoms with Gasteiger partial charge in [-0.1, -0.05) is 11.9 Å². The van der Waals surface area contributed by atoms with E-state index in [2.05, 4.69) is 0 Å². The molecule has 1 aliphatic carbocycles. The third-order valence-corrected chi connectivity index (χ3v) is 3.02. The van der Waals surface area contributed by atoms with E-state index >= 15 is 0 Å². The molecule has 1 fully saturated rings. The molecule has 1 aliphatic rings. The average Bonchev–Trinajstić information content (AvgIpc) is 2.16. The summed E-state index contributed by atoms with van der Waals surface area (Å²) in [6.07, 6.45) is 3.09. The van der Waals surface area contributed by atoms with Gasteiger partial charge in [0.25, 0.3) is 0 Å². The fraction of sp³-hybridized carbons (Fsp3) is 0.455. The van der Waals surface area contributed by atoms with E-state index in [1.165, 1.54) is 0 Å². The summed E-state index contributed by atoms with van der Waals surface area (Å²) in [7, 11) is 0. The van der Waals surface area contributed by atoms with Gasteiger partial charge >= 0.3 is 58.4 Å². The van der Waals surface area contributed by atoms with Crippen LogP contribution in [0.25, 0.3) is 0 Å². The molecular formula is C11H12BF4KO. The van der Waals surface area contributed by atoms with Gasteiger partial charge in [-0.3, -0.25) is 0 Å². The van der Waals surface area contributed by atoms with Gasteiger partial charge in [0.1, 0.15) is 5.82 Å². The predicted molar refractivity (Wildman–Crippen MR) is 57.9 cm³/mol. The zero-order chi connectivity index (χ0) is 12.5. The van der Waals surface area contributed by atoms with E-state index < -0.39 is 18.3 Å². The summed E-state index contributed by atoms with van der Waals surface area (Å²) in [4.78, 5) is 0. The largest absolute Gasteiger partial charge is 1.00 e. The van der Waals surface area contributed by atoms with E-state index in [4.69, 9.17) is 4.74 Å². The van der Waals surface area contributed by atoms with Crippen LogP contribution in [0.1, 0.15) is 19.3 Å². The molecule has 0 heterocycles. The van der Waals surface area contributed by atoms with Gasteiger partial charge < -0.3 is 17.7 Å². The Morgan fingerprint density at radius 2 is 1.89 bits per heavy atom. The van der Waals surface area contributed by atoms with Crippen LogP contribution < -0.4 is 61.6 Å². The molecule has 0 saturated heterocycles. The van der Waals surface area contributed by atoms with Crippen molar-refractivity contribution in [1.82, 2.24) is 0 Å². The first-order valence-electron chi connectivity index (χ1n) is 5.59. The Morgan fingerprint density at radius 3 is 2.39 bits per heavy atom. The summed E-state index contributed by atoms with van der Waals surface area (Å²) in [5.41, 5.74) is -0.982. The van der Waals surface area contributed by atoms with Crippen molar-refractivity contribution in [3.63, 3.8) is 0 Å². The quantitative estimate of drug-likeness (QED) is 0.562. The second-order valence-corrected chi connectivity index (χ2v) is 4.36. The Morgan fingerprint density at radius 1 is 1.22 bits per heavy atom. The molecule has 0 unspecified atom stereocenters. The van der Waals surface area contributed by atoms with Gasteiger partial charge in [0.2, 0.25) is 0 Å². The summed E-state index contributed by atoms with van der Waals surface area (Å²) < 4.78 is 56.0. The number of hydrogen-bond donors (Lipinski definition) is 0. The monoisotopic (exact) mass is 286 g/mol. The topological polar surface area (TPSA) is 9.23 Å². The van der Waals surface area contributed by atoms with E-state index in [1.807, 2.05) is 0 Å². The molecule has 0 radical (unpaired) electrons. The molecule has 1 saturated carbocycles. The molecule has 0 aliphatic heterocycles. The normalized spacial score (nSPS) is 15.8. The van der Waals surface area contributed by atoms with Crippen LogP contribution in [0.2, 0.25) is 0 Å². The van der Waals surface area contributed by atoms with Gasteiger partial charge in [0.05, 0.1) is 12.4 Å². The van der Waals surface area contributed by atoms with Crippen molar-refractivity contribution >= 4 is 12.4 Å². The Labute approximate surface area is 146 Å². The van der Waals surface area contributed by atoms with Gasteiger partial charge in [-0.25, -0.2) is 4.39 Å². The van der Waals surface area contributed by atoms with Crippen molar-refractivity contribution in [3.8, 4) is 5.75 Å². The van der Waals surface area contributed by atoms with Crippen molar-refractivity contribution in [2.45, 2.75) is 19.3 Å². The van der Waals surface area contributed by atoms with E-state index in [0.717, 1.165) is 31.4 Å². The minimum atomic E-state index is -5.24. The number of hydrogen-bond acceptors (Lipinski definition) is 1. The van der Waals surface area contributed by atoms with Crippen LogP contribution in [0.5, 0.6) is 5.75 Å². The maximum Gasteiger partial charge on any atom is 1.00 e. The molecule has 18 heavy (non-hydrogen) atoms. The first-order valence-corrected chi connectivity index (χ1v) is 5.59. The van der Waals surface area contributed by atoms with Crippen molar-refractivity contribution < 1.29 is 73.5 Å². The first-order chi connectivity index (χ1) is 7.97. The zero-order valence-electron chi connectivity index (χ0n) is 10.1. The summed E-state index contributed by atoms with van der Waals surface area (Å²) in [6.45, 7) is -4.96. The second-order valence-electron chi connectivity index (χ2n) is 4.36. The van der Waals surface area contributed by atoms with Crippen molar-refractivity contribution in [1.29, 1.82) is 0 Å². The van der Waals surface area contributed by atoms with Crippen LogP contribution in [-0.2, 0) is 0 Å². The van der Waals surface area contributed by atoms with Crippen LogP contribution in [-0.4, -0.2) is 13.6 Å². The number of halogens is 4. The molecule has 0 atom stereocenters. The number of benzene rings is 1. The Hall–Kier alpha value is 0.441. The third kappa shape index (κ3) is 4.23. The van der Waals surface area contributed by atoms with E-state index in [-0.39, 0.29) is 63.7 Å². The van der Waals surface area contributed by atoms with Crippen LogP contribution in [0.15, 0.2) is 18.2 Å². The molecule has 1 nitrogen and oxygen atoms in total. The van der Waals surface area contributed by atoms with Gasteiger partial charge in [-0.2, -0.15) is 0 Å². The van der Waals surface area contributed by atoms with E-state index in [0.29, 0.717) is 12.0 Å². The van der Waals surface area contributed by atoms with Crippen molar-refractivity contribution in [2.24, 2.45) is 5.92 Å². The van der Waals surface area contributed by atoms with E-state index in [9.17, 15) is 17.3 Å². The fourth-order valence-corrected chi connectivity index (χ4v) is 1.77. The molecule has 0 bridgehead atoms. The molecule has 2 rings (SSSR count). The van der Waals surface area contributed by atoms with Crippen LogP contribution in [0.4, 0.5) is 17.3 Å². The molecule has 7 heteroatoms. The van der Waals surface area contributed by atoms with E-state index in [1.54, 1.807) is 0 Å². The summed E-state index contributed by atoms with van der Waals surface area (Å²) >= 11 is 0. The summed E-state index contributed by atoms with van der Waals surface area (Å²) in [5, 5.41) is 0. The molecule has 1 aromatic rings. The summed E-state index contributed by atoms with van der Waals surface area (Å²) in [5.74, 6) is -0.811. The SMILES string of the molecule is Fc1ccc(OCC2CCC2)c([B-](F)(F)F)c1.[K+]. The van der Waals surface area contributed by atoms with Gasteiger partial charge in [0, 0.05) is 0 Å². The fourth-order valence-electron chi connectivity index (χ4n) is 1.77. The average molecular weight is 286 g/mol. The minimum absolute atomic E-state index is 0. The van der Waals surface area contributed by atoms with Crippen LogP contribution in [0.3, 0.4) is 0 Å². The molecule has 0 aromatic heterocycles. The van der Waals surface area contributed by atoms with Crippen LogP contribution >= 0.6 is 0 Å². The molecule has 0 amide bonds. The molecule has 94 valence electrons. The smallest absolute Gasteiger partial charge is 0.496 e. The molecule has 0 N–H and O–H groups in total. The predicted octanol–water partition coefficient (Wildman–Crippen LogP) is 0.0630. The third-order valence-electron chi connectivity index (χ3n) is 3.02. The molecular weight excluding hydrogens is 274 g/mol. The maximum absolute atomic E-state index is 12.8. The number of rotatable bonds is 4. The van der Waals surface area contributed by atoms with Crippen molar-refractivity contribution in [2.75, 3.05) is 6.61 Å². The molecule has 0 spiro atoms.